The average molecular weight is 708 g/mol. The number of aromatic nitrogens is 4. The Hall–Kier alpha value is -5.16. The van der Waals surface area contributed by atoms with Crippen molar-refractivity contribution in [1.29, 1.82) is 0 Å². The molecule has 4 rings (SSSR count). The molecule has 0 spiro atoms. The van der Waals surface area contributed by atoms with Crippen molar-refractivity contribution in [2.75, 3.05) is 46.1 Å². The molecule has 3 aromatic rings. The molecule has 15 heteroatoms. The summed E-state index contributed by atoms with van der Waals surface area (Å²) in [4.78, 5) is 54.3. The van der Waals surface area contributed by atoms with Crippen molar-refractivity contribution in [3.05, 3.63) is 69.4 Å². The molecule has 0 unspecified atom stereocenters. The Morgan fingerprint density at radius 2 is 1.94 bits per heavy atom. The molecule has 0 saturated carbocycles. The zero-order chi connectivity index (χ0) is 36.5. The summed E-state index contributed by atoms with van der Waals surface area (Å²) in [5.74, 6) is 4.66. The van der Waals surface area contributed by atoms with Crippen LogP contribution in [0.5, 0.6) is 0 Å². The number of hydrogen-bond acceptors (Lipinski definition) is 9. The summed E-state index contributed by atoms with van der Waals surface area (Å²) in [7, 11) is 3.19. The number of allylic oxidation sites excluding steroid dienone is 1. The predicted octanol–water partition coefficient (Wildman–Crippen LogP) is 4.44. The van der Waals surface area contributed by atoms with Gasteiger partial charge in [-0.05, 0) is 50.0 Å². The molecule has 4 heterocycles. The molecule has 13 nitrogen and oxygen atoms in total. The highest BCUT2D eigenvalue weighted by molar-refractivity contribution is 6.34. The van der Waals surface area contributed by atoms with Gasteiger partial charge in [0.1, 0.15) is 23.2 Å². The predicted molar refractivity (Wildman–Crippen MR) is 189 cm³/mol. The van der Waals surface area contributed by atoms with Gasteiger partial charge < -0.3 is 35.1 Å². The van der Waals surface area contributed by atoms with Gasteiger partial charge in [0.05, 0.1) is 23.2 Å². The number of nitrogens with two attached hydrogens (primary N) is 1. The molecule has 0 saturated heterocycles. The van der Waals surface area contributed by atoms with Crippen LogP contribution in [0, 0.1) is 25.7 Å². The molecule has 0 fully saturated rings. The Morgan fingerprint density at radius 3 is 2.66 bits per heavy atom. The number of carbonyl (C=O) groups excluding carboxylic acids is 3. The van der Waals surface area contributed by atoms with Crippen molar-refractivity contribution in [3.8, 4) is 11.8 Å². The number of ether oxygens (including phenoxy) is 1. The largest absolute Gasteiger partial charge is 0.448 e. The number of fused-ring (bicyclic) bond motifs is 1. The second-order valence-electron chi connectivity index (χ2n) is 11.9. The molecule has 0 bridgehead atoms. The molecule has 3 N–H and O–H groups in total. The molecule has 0 radical (unpaired) electrons. The minimum atomic E-state index is -0.929. The van der Waals surface area contributed by atoms with E-state index in [1.807, 2.05) is 17.0 Å². The molecule has 0 aliphatic carbocycles. The van der Waals surface area contributed by atoms with E-state index in [0.717, 1.165) is 30.3 Å². The van der Waals surface area contributed by atoms with Crippen LogP contribution in [0.3, 0.4) is 0 Å². The van der Waals surface area contributed by atoms with Crippen molar-refractivity contribution in [2.24, 2.45) is 0 Å². The van der Waals surface area contributed by atoms with Crippen LogP contribution in [0.2, 0.25) is 5.15 Å². The maximum absolute atomic E-state index is 13.7. The molecule has 266 valence electrons. The lowest BCUT2D eigenvalue weighted by Crippen LogP contribution is -2.41. The maximum Gasteiger partial charge on any atom is 0.409 e. The molecule has 0 aromatic carbocycles. The van der Waals surface area contributed by atoms with Crippen LogP contribution in [0.25, 0.3) is 11.0 Å². The van der Waals surface area contributed by atoms with E-state index < -0.39 is 17.8 Å². The first kappa shape index (κ1) is 37.7. The van der Waals surface area contributed by atoms with Crippen molar-refractivity contribution in [1.82, 2.24) is 39.5 Å². The van der Waals surface area contributed by atoms with Gasteiger partial charge in [0.2, 0.25) is 17.7 Å². The van der Waals surface area contributed by atoms with E-state index in [4.69, 9.17) is 27.1 Å². The third-order valence-corrected chi connectivity index (χ3v) is 8.62. The summed E-state index contributed by atoms with van der Waals surface area (Å²) in [5, 5.41) is 3.20. The van der Waals surface area contributed by atoms with E-state index >= 15 is 0 Å². The second kappa shape index (κ2) is 17.0. The highest BCUT2D eigenvalue weighted by Gasteiger charge is 2.23. The highest BCUT2D eigenvalue weighted by Crippen LogP contribution is 2.28. The number of hydrogen-bond donors (Lipinski definition) is 2. The summed E-state index contributed by atoms with van der Waals surface area (Å²) in [6.45, 7) is 9.18. The van der Waals surface area contributed by atoms with E-state index in [1.165, 1.54) is 25.8 Å². The van der Waals surface area contributed by atoms with Gasteiger partial charge in [-0.15, -0.1) is 0 Å². The van der Waals surface area contributed by atoms with Gasteiger partial charge in [-0.3, -0.25) is 14.6 Å². The number of anilines is 1. The van der Waals surface area contributed by atoms with Gasteiger partial charge in [-0.2, -0.15) is 9.37 Å². The number of nitrogen functional groups attached to an aromatic ring is 1. The minimum Gasteiger partial charge on any atom is -0.448 e. The number of carbonyl (C=O) groups is 3. The highest BCUT2D eigenvalue weighted by atomic mass is 35.5. The number of pyridine rings is 1. The van der Waals surface area contributed by atoms with Crippen LogP contribution < -0.4 is 11.1 Å². The quantitative estimate of drug-likeness (QED) is 0.158. The summed E-state index contributed by atoms with van der Waals surface area (Å²) in [6.07, 6.45) is 8.23. The molecule has 3 aromatic heterocycles. The van der Waals surface area contributed by atoms with E-state index in [2.05, 4.69) is 47.9 Å². The van der Waals surface area contributed by atoms with E-state index in [0.29, 0.717) is 29.0 Å². The van der Waals surface area contributed by atoms with Crippen LogP contribution in [0.15, 0.2) is 36.3 Å². The third-order valence-electron chi connectivity index (χ3n) is 8.35. The smallest absolute Gasteiger partial charge is 0.409 e. The van der Waals surface area contributed by atoms with Gasteiger partial charge in [-0.1, -0.05) is 36.8 Å². The standard InChI is InChI=1S/C35H43ClFN9O4/c1-7-11-25-22(3)18-39-27(23(25)4)21-46-19-24(30-31(36)41-34(38)42-32(30)46)12-9-10-17-50-35(49)44(6)16-15-43(5)29(47)13-14-45-20-26(37)33(48)40-28(45)8-2/h8,18-20H,7,10-11,13-17,21H2,1-6H3,(H,40,48)(H2,38,41,42). The Bertz CT molecular complexity index is 1900. The molecular formula is C35H43ClFN9O4. The Balaban J connectivity index is 1.30. The first-order chi connectivity index (χ1) is 23.8. The number of likely N-dealkylation sites (N-methyl/N-ethyl adjacent to an activating group) is 2. The summed E-state index contributed by atoms with van der Waals surface area (Å²) in [5.41, 5.74) is 11.6. The number of aryl methyl sites for hydroxylation is 1. The second-order valence-corrected chi connectivity index (χ2v) is 12.3. The van der Waals surface area contributed by atoms with Crippen LogP contribution in [0.4, 0.5) is 15.1 Å². The zero-order valence-electron chi connectivity index (χ0n) is 29.3. The van der Waals surface area contributed by atoms with E-state index in [9.17, 15) is 18.8 Å². The Kier molecular flexibility index (Phi) is 12.8. The van der Waals surface area contributed by atoms with Crippen molar-refractivity contribution >= 4 is 46.5 Å². The SMILES string of the molecule is CC=C1NC(=O)C(F)=CN1CCC(=O)N(C)CCN(C)C(=O)OCCC#Cc1cn(Cc2ncc(C)c(CCC)c2C)c2nc(N)nc(Cl)c12. The number of nitrogens with one attached hydrogen (secondary N) is 1. The lowest BCUT2D eigenvalue weighted by Gasteiger charge is -2.28. The first-order valence-electron chi connectivity index (χ1n) is 16.3. The number of halogens is 2. The lowest BCUT2D eigenvalue weighted by molar-refractivity contribution is -0.130. The third kappa shape index (κ3) is 9.09. The fraction of sp³-hybridized carbons (Fsp3) is 0.429. The minimum absolute atomic E-state index is 0.0528. The van der Waals surface area contributed by atoms with Crippen LogP contribution >= 0.6 is 11.6 Å². The normalized spacial score (nSPS) is 13.5. The molecule has 0 atom stereocenters. The molecule has 1 aliphatic heterocycles. The van der Waals surface area contributed by atoms with Crippen molar-refractivity contribution < 1.29 is 23.5 Å². The monoisotopic (exact) mass is 707 g/mol. The topological polar surface area (TPSA) is 152 Å². The van der Waals surface area contributed by atoms with E-state index in [1.54, 1.807) is 27.1 Å². The van der Waals surface area contributed by atoms with E-state index in [-0.39, 0.29) is 56.1 Å². The Morgan fingerprint density at radius 1 is 1.20 bits per heavy atom. The van der Waals surface area contributed by atoms with Crippen molar-refractivity contribution in [2.45, 2.75) is 59.9 Å². The fourth-order valence-corrected chi connectivity index (χ4v) is 5.74. The fourth-order valence-electron chi connectivity index (χ4n) is 5.47. The zero-order valence-corrected chi connectivity index (χ0v) is 30.0. The van der Waals surface area contributed by atoms with Gasteiger partial charge in [0, 0.05) is 65.2 Å². The summed E-state index contributed by atoms with van der Waals surface area (Å²) >= 11 is 6.50. The first-order valence-corrected chi connectivity index (χ1v) is 16.7. The molecule has 50 heavy (non-hydrogen) atoms. The number of nitrogens with zero attached hydrogens (tertiary/aromatic N) is 7. The van der Waals surface area contributed by atoms with Gasteiger partial charge in [0.25, 0.3) is 5.91 Å². The average Bonchev–Trinajstić information content (AvgIpc) is 3.43. The maximum atomic E-state index is 13.7. The molecule has 1 aliphatic rings. The van der Waals surface area contributed by atoms with Crippen LogP contribution in [-0.4, -0.2) is 92.5 Å². The van der Waals surface area contributed by atoms with Gasteiger partial charge in [0.15, 0.2) is 0 Å². The lowest BCUT2D eigenvalue weighted by atomic mass is 9.99. The van der Waals surface area contributed by atoms with Gasteiger partial charge in [-0.25, -0.2) is 9.78 Å². The summed E-state index contributed by atoms with van der Waals surface area (Å²) < 4.78 is 21.0. The van der Waals surface area contributed by atoms with Crippen LogP contribution in [0.1, 0.15) is 61.1 Å². The Labute approximate surface area is 296 Å². The van der Waals surface area contributed by atoms with Crippen molar-refractivity contribution in [3.63, 3.8) is 0 Å². The summed E-state index contributed by atoms with van der Waals surface area (Å²) in [6, 6.07) is 0. The van der Waals surface area contributed by atoms with Gasteiger partial charge >= 0.3 is 6.09 Å². The molecule has 3 amide bonds. The number of amides is 3. The molecular weight excluding hydrogens is 665 g/mol. The van der Waals surface area contributed by atoms with Crippen LogP contribution in [-0.2, 0) is 27.3 Å². The number of rotatable bonds is 12.